The lowest BCUT2D eigenvalue weighted by Crippen LogP contribution is -2.34. The van der Waals surface area contributed by atoms with Crippen LogP contribution < -0.4 is 5.73 Å². The number of amides is 1. The molecule has 0 radical (unpaired) electrons. The van der Waals surface area contributed by atoms with Crippen molar-refractivity contribution in [2.75, 3.05) is 13.1 Å². The van der Waals surface area contributed by atoms with Gasteiger partial charge in [0.1, 0.15) is 0 Å². The Morgan fingerprint density at radius 2 is 2.40 bits per heavy atom. The molecule has 0 aliphatic carbocycles. The van der Waals surface area contributed by atoms with E-state index in [4.69, 9.17) is 7.10 Å². The Morgan fingerprint density at radius 1 is 1.60 bits per heavy atom. The summed E-state index contributed by atoms with van der Waals surface area (Å²) in [4.78, 5) is 13.5. The molecular weight excluding hydrogens is 192 g/mol. The van der Waals surface area contributed by atoms with Crippen LogP contribution in [0, 0.1) is 0 Å². The van der Waals surface area contributed by atoms with Gasteiger partial charge in [0.25, 0.3) is 0 Å². The van der Waals surface area contributed by atoms with Gasteiger partial charge in [0, 0.05) is 20.4 Å². The largest absolute Gasteiger partial charge is 0.391 e. The highest BCUT2D eigenvalue weighted by Gasteiger charge is 2.30. The first kappa shape index (κ1) is 10.9. The molecule has 1 saturated heterocycles. The number of β-amino-alcohol motifs (C(OH)–C–C–N with tert-alkyl or cyclic N) is 1. The summed E-state index contributed by atoms with van der Waals surface area (Å²) in [6.45, 7) is 1.26. The van der Waals surface area contributed by atoms with Gasteiger partial charge >= 0.3 is 0 Å². The maximum atomic E-state index is 11.8. The number of aliphatic hydroxyl groups is 1. The van der Waals surface area contributed by atoms with Crippen molar-refractivity contribution in [3.05, 3.63) is 0 Å². The molecule has 1 heterocycles. The quantitative estimate of drug-likeness (QED) is 0.657. The van der Waals surface area contributed by atoms with Gasteiger partial charge in [-0.25, -0.2) is 0 Å². The fourth-order valence-electron chi connectivity index (χ4n) is 1.94. The molecule has 1 fully saturated rings. The molecule has 15 heavy (non-hydrogen) atoms. The Bertz CT molecular complexity index is 226. The zero-order chi connectivity index (χ0) is 12.0. The molecule has 1 aliphatic rings. The van der Waals surface area contributed by atoms with Gasteiger partial charge in [0.15, 0.2) is 0 Å². The molecule has 1 rings (SSSR count). The number of nitrogens with zero attached hydrogens (tertiary/aromatic N) is 1. The predicted molar refractivity (Wildman–Crippen MR) is 59.3 cm³/mol. The lowest BCUT2D eigenvalue weighted by Gasteiger charge is -2.20. The molecule has 0 aromatic rings. The lowest BCUT2D eigenvalue weighted by atomic mass is 10.1. The minimum atomic E-state index is -0.441. The predicted octanol–water partition coefficient (Wildman–Crippen LogP) is 0.487. The van der Waals surface area contributed by atoms with Crippen molar-refractivity contribution in [3.8, 4) is 0 Å². The zero-order valence-corrected chi connectivity index (χ0v) is 9.19. The fraction of sp³-hybridized carbons (Fsp3) is 0.909. The lowest BCUT2D eigenvalue weighted by molar-refractivity contribution is -0.132. The van der Waals surface area contributed by atoms with E-state index in [9.17, 15) is 9.90 Å². The monoisotopic (exact) mass is 216 g/mol. The second kappa shape index (κ2) is 6.08. The van der Waals surface area contributed by atoms with E-state index in [-0.39, 0.29) is 18.8 Å². The van der Waals surface area contributed by atoms with Crippen molar-refractivity contribution in [2.45, 2.75) is 51.1 Å². The van der Waals surface area contributed by atoms with Crippen molar-refractivity contribution in [3.63, 3.8) is 0 Å². The van der Waals surface area contributed by atoms with Crippen LogP contribution in [0.1, 0.15) is 40.4 Å². The van der Waals surface area contributed by atoms with Gasteiger partial charge in [0.2, 0.25) is 5.91 Å². The van der Waals surface area contributed by atoms with E-state index < -0.39 is 6.10 Å². The van der Waals surface area contributed by atoms with E-state index in [1.807, 2.05) is 0 Å². The number of rotatable bonds is 5. The topological polar surface area (TPSA) is 66.6 Å². The van der Waals surface area contributed by atoms with Crippen LogP contribution >= 0.6 is 0 Å². The van der Waals surface area contributed by atoms with Gasteiger partial charge in [-0.05, 0) is 32.7 Å². The number of carbonyl (C=O) groups is 1. The van der Waals surface area contributed by atoms with Crippen LogP contribution in [-0.2, 0) is 4.79 Å². The number of hydrogen-bond acceptors (Lipinski definition) is 3. The summed E-state index contributed by atoms with van der Waals surface area (Å²) in [5.74, 6) is 0.0748. The van der Waals surface area contributed by atoms with Crippen LogP contribution in [-0.4, -0.2) is 41.1 Å². The molecule has 0 aromatic carbocycles. The van der Waals surface area contributed by atoms with Gasteiger partial charge in [0.05, 0.1) is 6.10 Å². The number of hydrogen-bond donors (Lipinski definition) is 2. The van der Waals surface area contributed by atoms with E-state index in [1.54, 1.807) is 4.90 Å². The molecule has 0 unspecified atom stereocenters. The Labute approximate surface area is 92.8 Å². The maximum absolute atomic E-state index is 11.8. The standard InChI is InChI=1S/C11H22N2O2/c1-9-7-10(14)8-13(9)11(15)5-3-2-4-6-12/h9-10,14H,2-8,12H2,1H3/t9-,10-/m1/s1/i1T. The number of unbranched alkanes of at least 4 members (excludes halogenated alkanes) is 2. The maximum Gasteiger partial charge on any atom is 0.222 e. The minimum absolute atomic E-state index is 0.0748. The summed E-state index contributed by atoms with van der Waals surface area (Å²) in [5, 5.41) is 9.47. The molecule has 1 aliphatic heterocycles. The normalized spacial score (nSPS) is 26.8. The SMILES string of the molecule is [3H]C[C@@H]1C[C@@H](O)CN1C(=O)CCCCCN. The first-order valence-corrected chi connectivity index (χ1v) is 5.66. The van der Waals surface area contributed by atoms with Crippen LogP contribution in [0.15, 0.2) is 0 Å². The van der Waals surface area contributed by atoms with Crippen molar-refractivity contribution in [1.82, 2.24) is 4.90 Å². The van der Waals surface area contributed by atoms with E-state index in [1.165, 1.54) is 0 Å². The molecule has 4 nitrogen and oxygen atoms in total. The van der Waals surface area contributed by atoms with Crippen LogP contribution in [0.5, 0.6) is 0 Å². The van der Waals surface area contributed by atoms with E-state index >= 15 is 0 Å². The van der Waals surface area contributed by atoms with Crippen LogP contribution in [0.25, 0.3) is 0 Å². The first-order chi connectivity index (χ1) is 7.69. The van der Waals surface area contributed by atoms with E-state index in [0.29, 0.717) is 25.9 Å². The third kappa shape index (κ3) is 3.80. The number of likely N-dealkylation sites (tertiary alicyclic amines) is 1. The second-order valence-electron chi connectivity index (χ2n) is 4.19. The molecule has 1 amide bonds. The Balaban J connectivity index is 2.29. The molecule has 4 heteroatoms. The highest BCUT2D eigenvalue weighted by Crippen LogP contribution is 2.18. The third-order valence-corrected chi connectivity index (χ3v) is 2.81. The molecule has 88 valence electrons. The molecule has 0 bridgehead atoms. The number of aliphatic hydroxyl groups excluding tert-OH is 1. The summed E-state index contributed by atoms with van der Waals surface area (Å²) in [6.07, 6.45) is 3.42. The van der Waals surface area contributed by atoms with E-state index in [0.717, 1.165) is 19.3 Å². The van der Waals surface area contributed by atoms with Gasteiger partial charge in [-0.2, -0.15) is 0 Å². The van der Waals surface area contributed by atoms with Crippen molar-refractivity contribution >= 4 is 5.91 Å². The average Bonchev–Trinajstić information content (AvgIpc) is 2.65. The summed E-state index contributed by atoms with van der Waals surface area (Å²) in [6, 6.07) is -0.0861. The molecule has 3 N–H and O–H groups in total. The minimum Gasteiger partial charge on any atom is -0.391 e. The summed E-state index contributed by atoms with van der Waals surface area (Å²) < 4.78 is 7.34. The number of nitrogens with two attached hydrogens (primary N) is 1. The number of carbonyl (C=O) groups excluding carboxylic acids is 1. The third-order valence-electron chi connectivity index (χ3n) is 2.81. The molecule has 0 aromatic heterocycles. The van der Waals surface area contributed by atoms with Crippen molar-refractivity contribution < 1.29 is 11.3 Å². The van der Waals surface area contributed by atoms with E-state index in [2.05, 4.69) is 0 Å². The van der Waals surface area contributed by atoms with Crippen molar-refractivity contribution in [2.24, 2.45) is 5.73 Å². The molecule has 0 spiro atoms. The smallest absolute Gasteiger partial charge is 0.222 e. The van der Waals surface area contributed by atoms with Gasteiger partial charge in [-0.15, -0.1) is 0 Å². The molecular formula is C11H22N2O2. The summed E-state index contributed by atoms with van der Waals surface area (Å²) >= 11 is 0. The molecule has 2 atom stereocenters. The van der Waals surface area contributed by atoms with Crippen LogP contribution in [0.3, 0.4) is 0 Å². The fourth-order valence-corrected chi connectivity index (χ4v) is 1.94. The van der Waals surface area contributed by atoms with Gasteiger partial charge < -0.3 is 15.7 Å². The average molecular weight is 216 g/mol. The summed E-state index contributed by atoms with van der Waals surface area (Å²) in [5.41, 5.74) is 5.38. The zero-order valence-electron chi connectivity index (χ0n) is 10.2. The molecule has 0 saturated carbocycles. The van der Waals surface area contributed by atoms with Gasteiger partial charge in [-0.1, -0.05) is 6.42 Å². The highest BCUT2D eigenvalue weighted by molar-refractivity contribution is 5.76. The Kier molecular flexibility index (Phi) is 4.41. The van der Waals surface area contributed by atoms with Crippen LogP contribution in [0.2, 0.25) is 0 Å². The van der Waals surface area contributed by atoms with Crippen molar-refractivity contribution in [1.29, 1.82) is 0 Å². The van der Waals surface area contributed by atoms with Crippen LogP contribution in [0.4, 0.5) is 0 Å². The summed E-state index contributed by atoms with van der Waals surface area (Å²) in [7, 11) is 0. The highest BCUT2D eigenvalue weighted by atomic mass is 16.3. The second-order valence-corrected chi connectivity index (χ2v) is 4.19. The Hall–Kier alpha value is -0.610. The first-order valence-electron chi connectivity index (χ1n) is 6.36. The Morgan fingerprint density at radius 3 is 3.07 bits per heavy atom. The van der Waals surface area contributed by atoms with Gasteiger partial charge in [-0.3, -0.25) is 4.79 Å².